The SMILES string of the molecule is Oc1ccc2c(c1)CCCC2N1CCCC(C(F)(F)F)C1. The highest BCUT2D eigenvalue weighted by molar-refractivity contribution is 5.38. The van der Waals surface area contributed by atoms with Crippen LogP contribution in [0.1, 0.15) is 42.9 Å². The smallest absolute Gasteiger partial charge is 0.393 e. The molecule has 1 N–H and O–H groups in total. The first-order valence-corrected chi connectivity index (χ1v) is 7.57. The van der Waals surface area contributed by atoms with Crippen molar-refractivity contribution in [3.8, 4) is 5.75 Å². The van der Waals surface area contributed by atoms with Gasteiger partial charge in [-0.2, -0.15) is 13.2 Å². The number of hydrogen-bond acceptors (Lipinski definition) is 2. The van der Waals surface area contributed by atoms with Crippen molar-refractivity contribution in [1.29, 1.82) is 0 Å². The number of piperidine rings is 1. The Hall–Kier alpha value is -1.23. The highest BCUT2D eigenvalue weighted by Gasteiger charge is 2.43. The third-order valence-corrected chi connectivity index (χ3v) is 4.77. The number of hydrogen-bond donors (Lipinski definition) is 1. The second kappa shape index (κ2) is 5.52. The summed E-state index contributed by atoms with van der Waals surface area (Å²) in [5.74, 6) is -0.963. The molecule has 2 unspecified atom stereocenters. The standard InChI is InChI=1S/C16H20F3NO/c17-16(18,19)12-4-2-8-20(10-12)15-5-1-3-11-9-13(21)6-7-14(11)15/h6-7,9,12,15,21H,1-5,8,10H2. The Labute approximate surface area is 122 Å². The summed E-state index contributed by atoms with van der Waals surface area (Å²) in [6.45, 7) is 0.839. The molecular formula is C16H20F3NO. The maximum atomic E-state index is 13.0. The third kappa shape index (κ3) is 3.03. The van der Waals surface area contributed by atoms with E-state index >= 15 is 0 Å². The molecule has 1 aliphatic heterocycles. The van der Waals surface area contributed by atoms with Crippen molar-refractivity contribution in [2.75, 3.05) is 13.1 Å². The van der Waals surface area contributed by atoms with Gasteiger partial charge in [0.2, 0.25) is 0 Å². The maximum Gasteiger partial charge on any atom is 0.393 e. The first kappa shape index (κ1) is 14.7. The van der Waals surface area contributed by atoms with Crippen molar-refractivity contribution in [2.45, 2.75) is 44.3 Å². The van der Waals surface area contributed by atoms with Gasteiger partial charge in [0, 0.05) is 12.6 Å². The summed E-state index contributed by atoms with van der Waals surface area (Å²) >= 11 is 0. The fraction of sp³-hybridized carbons (Fsp3) is 0.625. The molecule has 1 heterocycles. The Morgan fingerprint density at radius 1 is 1.14 bits per heavy atom. The summed E-state index contributed by atoms with van der Waals surface area (Å²) in [5.41, 5.74) is 2.18. The zero-order valence-corrected chi connectivity index (χ0v) is 11.9. The number of rotatable bonds is 1. The average Bonchev–Trinajstić information content (AvgIpc) is 2.45. The van der Waals surface area contributed by atoms with Gasteiger partial charge in [0.05, 0.1) is 5.92 Å². The van der Waals surface area contributed by atoms with Crippen molar-refractivity contribution in [3.63, 3.8) is 0 Å². The fourth-order valence-corrected chi connectivity index (χ4v) is 3.71. The molecule has 1 aliphatic carbocycles. The summed E-state index contributed by atoms with van der Waals surface area (Å²) in [6.07, 6.45) is -0.470. The third-order valence-electron chi connectivity index (χ3n) is 4.77. The van der Waals surface area contributed by atoms with Gasteiger partial charge in [-0.25, -0.2) is 0 Å². The molecule has 0 radical (unpaired) electrons. The number of halogens is 3. The van der Waals surface area contributed by atoms with Crippen LogP contribution in [-0.4, -0.2) is 29.3 Å². The first-order valence-electron chi connectivity index (χ1n) is 7.57. The van der Waals surface area contributed by atoms with E-state index in [9.17, 15) is 18.3 Å². The van der Waals surface area contributed by atoms with Gasteiger partial charge in [-0.1, -0.05) is 6.07 Å². The maximum absolute atomic E-state index is 13.0. The highest BCUT2D eigenvalue weighted by atomic mass is 19.4. The fourth-order valence-electron chi connectivity index (χ4n) is 3.71. The lowest BCUT2D eigenvalue weighted by molar-refractivity contribution is -0.189. The monoisotopic (exact) mass is 299 g/mol. The van der Waals surface area contributed by atoms with Gasteiger partial charge in [0.15, 0.2) is 0 Å². The molecule has 2 atom stereocenters. The minimum atomic E-state index is -4.09. The molecule has 0 saturated carbocycles. The molecule has 0 amide bonds. The van der Waals surface area contributed by atoms with E-state index in [2.05, 4.69) is 0 Å². The van der Waals surface area contributed by atoms with Crippen LogP contribution in [0, 0.1) is 5.92 Å². The Balaban J connectivity index is 1.82. The van der Waals surface area contributed by atoms with E-state index in [4.69, 9.17) is 0 Å². The van der Waals surface area contributed by atoms with Crippen LogP contribution in [0.25, 0.3) is 0 Å². The van der Waals surface area contributed by atoms with Crippen molar-refractivity contribution >= 4 is 0 Å². The second-order valence-corrected chi connectivity index (χ2v) is 6.17. The number of likely N-dealkylation sites (tertiary alicyclic amines) is 1. The van der Waals surface area contributed by atoms with Crippen LogP contribution < -0.4 is 0 Å². The highest BCUT2D eigenvalue weighted by Crippen LogP contribution is 2.40. The molecule has 1 saturated heterocycles. The minimum absolute atomic E-state index is 0.0690. The summed E-state index contributed by atoms with van der Waals surface area (Å²) < 4.78 is 38.9. The first-order chi connectivity index (χ1) is 9.95. The predicted octanol–water partition coefficient (Wildman–Crippen LogP) is 4.04. The van der Waals surface area contributed by atoms with Crippen LogP contribution in [0.4, 0.5) is 13.2 Å². The lowest BCUT2D eigenvalue weighted by Gasteiger charge is -2.41. The lowest BCUT2D eigenvalue weighted by Crippen LogP contribution is -2.44. The molecule has 0 aromatic heterocycles. The number of fused-ring (bicyclic) bond motifs is 1. The van der Waals surface area contributed by atoms with Crippen LogP contribution in [0.5, 0.6) is 5.75 Å². The van der Waals surface area contributed by atoms with Gasteiger partial charge < -0.3 is 5.11 Å². The molecular weight excluding hydrogens is 279 g/mol. The molecule has 2 nitrogen and oxygen atoms in total. The number of benzene rings is 1. The molecule has 5 heteroatoms. The lowest BCUT2D eigenvalue weighted by atomic mass is 9.84. The van der Waals surface area contributed by atoms with Crippen molar-refractivity contribution < 1.29 is 18.3 Å². The van der Waals surface area contributed by atoms with E-state index < -0.39 is 12.1 Å². The molecule has 0 spiro atoms. The van der Waals surface area contributed by atoms with E-state index in [0.717, 1.165) is 36.9 Å². The molecule has 1 fully saturated rings. The number of aryl methyl sites for hydroxylation is 1. The Bertz CT molecular complexity index is 515. The number of alkyl halides is 3. The van der Waals surface area contributed by atoms with E-state index in [1.807, 2.05) is 11.0 Å². The molecule has 1 aromatic carbocycles. The van der Waals surface area contributed by atoms with Gasteiger partial charge in [-0.15, -0.1) is 0 Å². The summed E-state index contributed by atoms with van der Waals surface area (Å²) in [5, 5.41) is 9.57. The van der Waals surface area contributed by atoms with Gasteiger partial charge in [0.1, 0.15) is 5.75 Å². The summed E-state index contributed by atoms with van der Waals surface area (Å²) in [4.78, 5) is 2.00. The number of phenols is 1. The van der Waals surface area contributed by atoms with Gasteiger partial charge >= 0.3 is 6.18 Å². The van der Waals surface area contributed by atoms with E-state index in [1.54, 1.807) is 12.1 Å². The van der Waals surface area contributed by atoms with Crippen LogP contribution >= 0.6 is 0 Å². The van der Waals surface area contributed by atoms with Gasteiger partial charge in [-0.05, 0) is 61.9 Å². The van der Waals surface area contributed by atoms with Crippen LogP contribution in [0.3, 0.4) is 0 Å². The second-order valence-electron chi connectivity index (χ2n) is 6.17. The average molecular weight is 299 g/mol. The Morgan fingerprint density at radius 3 is 2.71 bits per heavy atom. The molecule has 1 aromatic rings. The number of phenolic OH excluding ortho intramolecular Hbond substituents is 1. The quantitative estimate of drug-likeness (QED) is 0.846. The Morgan fingerprint density at radius 2 is 1.95 bits per heavy atom. The molecule has 116 valence electrons. The van der Waals surface area contributed by atoms with Crippen LogP contribution in [0.15, 0.2) is 18.2 Å². The van der Waals surface area contributed by atoms with Crippen LogP contribution in [0.2, 0.25) is 0 Å². The topological polar surface area (TPSA) is 23.5 Å². The minimum Gasteiger partial charge on any atom is -0.508 e. The van der Waals surface area contributed by atoms with E-state index in [-0.39, 0.29) is 24.8 Å². The number of aromatic hydroxyl groups is 1. The normalized spacial score (nSPS) is 27.4. The zero-order chi connectivity index (χ0) is 15.0. The van der Waals surface area contributed by atoms with E-state index in [1.165, 1.54) is 0 Å². The van der Waals surface area contributed by atoms with E-state index in [0.29, 0.717) is 6.42 Å². The Kier molecular flexibility index (Phi) is 3.86. The zero-order valence-electron chi connectivity index (χ0n) is 11.9. The molecule has 21 heavy (non-hydrogen) atoms. The predicted molar refractivity (Wildman–Crippen MR) is 74.1 cm³/mol. The van der Waals surface area contributed by atoms with Gasteiger partial charge in [0.25, 0.3) is 0 Å². The summed E-state index contributed by atoms with van der Waals surface area (Å²) in [7, 11) is 0. The largest absolute Gasteiger partial charge is 0.508 e. The number of nitrogens with zero attached hydrogens (tertiary/aromatic N) is 1. The van der Waals surface area contributed by atoms with Crippen LogP contribution in [-0.2, 0) is 6.42 Å². The summed E-state index contributed by atoms with van der Waals surface area (Å²) in [6, 6.07) is 5.35. The van der Waals surface area contributed by atoms with Crippen molar-refractivity contribution in [3.05, 3.63) is 29.3 Å². The molecule has 0 bridgehead atoms. The molecule has 2 aliphatic rings. The molecule has 3 rings (SSSR count). The van der Waals surface area contributed by atoms with Crippen molar-refractivity contribution in [2.24, 2.45) is 5.92 Å². The van der Waals surface area contributed by atoms with Crippen molar-refractivity contribution in [1.82, 2.24) is 4.90 Å². The van der Waals surface area contributed by atoms with Gasteiger partial charge in [-0.3, -0.25) is 4.90 Å².